The monoisotopic (exact) mass is 427 g/mol. The van der Waals surface area contributed by atoms with Crippen LogP contribution in [0.5, 0.6) is 0 Å². The molecule has 1 amide bonds. The number of carboxylic acids is 1. The second-order valence-electron chi connectivity index (χ2n) is 9.67. The Labute approximate surface area is 186 Å². The third-order valence-electron chi connectivity index (χ3n) is 5.99. The number of likely N-dealkylation sites (N-methyl/N-ethyl adjacent to an activating group) is 1. The van der Waals surface area contributed by atoms with Gasteiger partial charge < -0.3 is 14.9 Å². The number of amides is 1. The van der Waals surface area contributed by atoms with Gasteiger partial charge in [-0.2, -0.15) is 0 Å². The fourth-order valence-corrected chi connectivity index (χ4v) is 4.06. The number of hydrogen-bond acceptors (Lipinski definition) is 2. The smallest absolute Gasteiger partial charge is 0.359 e. The molecule has 0 aliphatic carbocycles. The predicted molar refractivity (Wildman–Crippen MR) is 127 cm³/mol. The van der Waals surface area contributed by atoms with Crippen LogP contribution in [0.2, 0.25) is 0 Å². The number of nitrogens with zero attached hydrogens (tertiary/aromatic N) is 1. The van der Waals surface area contributed by atoms with Crippen LogP contribution in [0.25, 0.3) is 0 Å². The van der Waals surface area contributed by atoms with Crippen molar-refractivity contribution in [2.75, 3.05) is 33.7 Å². The van der Waals surface area contributed by atoms with Gasteiger partial charge in [0.05, 0.1) is 20.6 Å². The van der Waals surface area contributed by atoms with E-state index in [1.165, 1.54) is 64.2 Å². The lowest BCUT2D eigenvalue weighted by Crippen LogP contribution is -2.45. The molecule has 0 bridgehead atoms. The molecule has 1 unspecified atom stereocenters. The number of quaternary nitrogens is 1. The highest BCUT2D eigenvalue weighted by Crippen LogP contribution is 2.19. The van der Waals surface area contributed by atoms with Gasteiger partial charge in [-0.1, -0.05) is 90.9 Å². The fraction of sp³-hybridized carbons (Fsp3) is 0.920. The first kappa shape index (κ1) is 28.9. The molecule has 0 saturated carbocycles. The maximum atomic E-state index is 12.8. The van der Waals surface area contributed by atoms with Gasteiger partial charge in [-0.05, 0) is 12.8 Å². The molecule has 178 valence electrons. The third kappa shape index (κ3) is 17.7. The number of nitrogens with one attached hydrogen (secondary N) is 1. The number of hydrogen-bond donors (Lipinski definition) is 2. The lowest BCUT2D eigenvalue weighted by molar-refractivity contribution is -0.883. The number of aliphatic carboxylic acids is 1. The predicted octanol–water partition coefficient (Wildman–Crippen LogP) is 5.77. The highest BCUT2D eigenvalue weighted by atomic mass is 16.4. The zero-order valence-corrected chi connectivity index (χ0v) is 20.5. The zero-order chi connectivity index (χ0) is 22.7. The Morgan fingerprint density at radius 2 is 1.23 bits per heavy atom. The Bertz CT molecular complexity index is 438. The van der Waals surface area contributed by atoms with E-state index in [0.29, 0.717) is 11.0 Å². The van der Waals surface area contributed by atoms with Crippen molar-refractivity contribution in [3.63, 3.8) is 0 Å². The van der Waals surface area contributed by atoms with Gasteiger partial charge in [-0.25, -0.2) is 4.79 Å². The Morgan fingerprint density at radius 3 is 1.70 bits per heavy atom. The lowest BCUT2D eigenvalue weighted by Gasteiger charge is -2.27. The second-order valence-corrected chi connectivity index (χ2v) is 9.67. The lowest BCUT2D eigenvalue weighted by atomic mass is 9.93. The van der Waals surface area contributed by atoms with Crippen LogP contribution < -0.4 is 5.32 Å². The first-order valence-electron chi connectivity index (χ1n) is 12.6. The summed E-state index contributed by atoms with van der Waals surface area (Å²) in [5, 5.41) is 12.1. The number of rotatable bonds is 21. The van der Waals surface area contributed by atoms with Gasteiger partial charge in [0.2, 0.25) is 5.91 Å². The van der Waals surface area contributed by atoms with Gasteiger partial charge >= 0.3 is 5.97 Å². The van der Waals surface area contributed by atoms with Crippen molar-refractivity contribution in [1.82, 2.24) is 5.32 Å². The van der Waals surface area contributed by atoms with Crippen LogP contribution in [0.15, 0.2) is 0 Å². The minimum Gasteiger partial charge on any atom is -0.477 e. The highest BCUT2D eigenvalue weighted by Gasteiger charge is 2.20. The summed E-state index contributed by atoms with van der Waals surface area (Å²) in [5.74, 6) is -0.425. The molecule has 0 aromatic carbocycles. The van der Waals surface area contributed by atoms with E-state index < -0.39 is 5.97 Å². The molecule has 0 heterocycles. The Kier molecular flexibility index (Phi) is 18.0. The third-order valence-corrected chi connectivity index (χ3v) is 5.99. The van der Waals surface area contributed by atoms with Crippen molar-refractivity contribution in [1.29, 1.82) is 0 Å². The second kappa shape index (κ2) is 18.7. The first-order valence-corrected chi connectivity index (χ1v) is 12.6. The van der Waals surface area contributed by atoms with Crippen LogP contribution in [-0.2, 0) is 9.59 Å². The van der Waals surface area contributed by atoms with Crippen LogP contribution in [0.4, 0.5) is 0 Å². The fourth-order valence-electron chi connectivity index (χ4n) is 4.06. The van der Waals surface area contributed by atoms with Crippen molar-refractivity contribution in [3.8, 4) is 0 Å². The van der Waals surface area contributed by atoms with Gasteiger partial charge in [-0.15, -0.1) is 0 Å². The van der Waals surface area contributed by atoms with Crippen molar-refractivity contribution in [2.45, 2.75) is 110 Å². The van der Waals surface area contributed by atoms with Crippen LogP contribution in [-0.4, -0.2) is 55.2 Å². The average molecular weight is 428 g/mol. The van der Waals surface area contributed by atoms with Crippen LogP contribution in [0, 0.1) is 5.92 Å². The molecular weight excluding hydrogens is 376 g/mol. The summed E-state index contributed by atoms with van der Waals surface area (Å²) < 4.78 is 0.449. The summed E-state index contributed by atoms with van der Waals surface area (Å²) >= 11 is 0. The Morgan fingerprint density at radius 1 is 0.767 bits per heavy atom. The van der Waals surface area contributed by atoms with E-state index in [1.54, 1.807) is 0 Å². The van der Waals surface area contributed by atoms with Gasteiger partial charge in [0.1, 0.15) is 0 Å². The first-order chi connectivity index (χ1) is 14.3. The van der Waals surface area contributed by atoms with E-state index in [2.05, 4.69) is 19.2 Å². The van der Waals surface area contributed by atoms with Crippen LogP contribution >= 0.6 is 0 Å². The minimum atomic E-state index is -0.776. The maximum Gasteiger partial charge on any atom is 0.359 e. The molecule has 0 aromatic heterocycles. The van der Waals surface area contributed by atoms with Crippen molar-refractivity contribution in [2.24, 2.45) is 5.92 Å². The number of carboxylic acid groups (broad SMARTS) is 1. The molecule has 30 heavy (non-hydrogen) atoms. The van der Waals surface area contributed by atoms with Gasteiger partial charge in [-0.3, -0.25) is 4.79 Å². The van der Waals surface area contributed by atoms with Crippen molar-refractivity contribution >= 4 is 11.9 Å². The summed E-state index contributed by atoms with van der Waals surface area (Å²) in [5.41, 5.74) is 0. The minimum absolute atomic E-state index is 0.118. The van der Waals surface area contributed by atoms with Gasteiger partial charge in [0.25, 0.3) is 0 Å². The quantitative estimate of drug-likeness (QED) is 0.180. The molecule has 0 aliphatic rings. The standard InChI is InChI=1S/C25H50N2O3/c1-5-7-9-11-12-14-16-19-23(18-15-13-10-8-6-2)25(30)26-20-17-21-27(3,4)22-24(28)29/h23H,5-22H2,1-4H3,(H-,26,28,29,30)/p+1. The van der Waals surface area contributed by atoms with Crippen LogP contribution in [0.1, 0.15) is 110 Å². The molecule has 0 spiro atoms. The zero-order valence-electron chi connectivity index (χ0n) is 20.5. The number of unbranched alkanes of at least 4 members (excludes halogenated alkanes) is 10. The van der Waals surface area contributed by atoms with E-state index in [1.807, 2.05) is 14.1 Å². The molecule has 0 saturated heterocycles. The van der Waals surface area contributed by atoms with Crippen molar-refractivity contribution < 1.29 is 19.2 Å². The Hall–Kier alpha value is -1.10. The van der Waals surface area contributed by atoms with E-state index in [9.17, 15) is 9.59 Å². The Balaban J connectivity index is 4.25. The largest absolute Gasteiger partial charge is 0.477 e. The van der Waals surface area contributed by atoms with E-state index in [4.69, 9.17) is 5.11 Å². The van der Waals surface area contributed by atoms with Gasteiger partial charge in [0.15, 0.2) is 6.54 Å². The normalized spacial score (nSPS) is 12.7. The molecule has 0 rings (SSSR count). The highest BCUT2D eigenvalue weighted by molar-refractivity contribution is 5.78. The molecule has 5 nitrogen and oxygen atoms in total. The molecule has 0 aromatic rings. The van der Waals surface area contributed by atoms with Gasteiger partial charge in [0, 0.05) is 18.9 Å². The topological polar surface area (TPSA) is 66.4 Å². The summed E-state index contributed by atoms with van der Waals surface area (Å²) in [4.78, 5) is 23.7. The summed E-state index contributed by atoms with van der Waals surface area (Å²) in [6.45, 7) is 5.99. The summed E-state index contributed by atoms with van der Waals surface area (Å²) in [7, 11) is 3.85. The molecule has 0 radical (unpaired) electrons. The SMILES string of the molecule is CCCCCCCCCC(CCCCCCC)C(=O)NCCC[N+](C)(C)CC(=O)O. The maximum absolute atomic E-state index is 12.8. The van der Waals surface area contributed by atoms with E-state index >= 15 is 0 Å². The molecule has 1 atom stereocenters. The number of carbonyl (C=O) groups excluding carboxylic acids is 1. The van der Waals surface area contributed by atoms with Crippen LogP contribution in [0.3, 0.4) is 0 Å². The molecular formula is C25H51N2O3+. The van der Waals surface area contributed by atoms with Crippen molar-refractivity contribution in [3.05, 3.63) is 0 Å². The molecule has 5 heteroatoms. The van der Waals surface area contributed by atoms with E-state index in [0.717, 1.165) is 38.6 Å². The van der Waals surface area contributed by atoms with E-state index in [-0.39, 0.29) is 18.4 Å². The molecule has 0 fully saturated rings. The average Bonchev–Trinajstić information content (AvgIpc) is 2.67. The molecule has 0 aliphatic heterocycles. The number of carbonyl (C=O) groups is 2. The summed E-state index contributed by atoms with van der Waals surface area (Å²) in [6.07, 6.45) is 18.0. The summed E-state index contributed by atoms with van der Waals surface area (Å²) in [6, 6.07) is 0. The molecule has 2 N–H and O–H groups in total.